The van der Waals surface area contributed by atoms with Crippen LogP contribution in [0.15, 0.2) is 30.3 Å². The van der Waals surface area contributed by atoms with Gasteiger partial charge in [-0.25, -0.2) is 4.79 Å². The molecular formula is C15H23NO3. The number of hydrogen-bond acceptors (Lipinski definition) is 3. The lowest BCUT2D eigenvalue weighted by atomic mass is 9.83. The van der Waals surface area contributed by atoms with Gasteiger partial charge in [0.25, 0.3) is 0 Å². The summed E-state index contributed by atoms with van der Waals surface area (Å²) < 4.78 is 5.18. The van der Waals surface area contributed by atoms with E-state index >= 15 is 0 Å². The SMILES string of the molecule is CC(C)(C)OC(=O)NCC(C)(CO)c1ccccc1. The van der Waals surface area contributed by atoms with Crippen molar-refractivity contribution in [3.63, 3.8) is 0 Å². The summed E-state index contributed by atoms with van der Waals surface area (Å²) in [5.41, 5.74) is -0.0569. The molecule has 1 unspecified atom stereocenters. The molecule has 1 amide bonds. The molecule has 1 aromatic carbocycles. The normalized spacial score (nSPS) is 14.6. The minimum atomic E-state index is -0.521. The molecule has 2 N–H and O–H groups in total. The van der Waals surface area contributed by atoms with Crippen molar-refractivity contribution in [1.82, 2.24) is 5.32 Å². The Morgan fingerprint density at radius 1 is 1.21 bits per heavy atom. The minimum absolute atomic E-state index is 0.0488. The highest BCUT2D eigenvalue weighted by Gasteiger charge is 2.27. The maximum absolute atomic E-state index is 11.6. The first-order valence-electron chi connectivity index (χ1n) is 6.40. The molecule has 1 atom stereocenters. The van der Waals surface area contributed by atoms with Crippen molar-refractivity contribution in [3.05, 3.63) is 35.9 Å². The fraction of sp³-hybridized carbons (Fsp3) is 0.533. The van der Waals surface area contributed by atoms with Crippen LogP contribution in [0.5, 0.6) is 0 Å². The van der Waals surface area contributed by atoms with E-state index in [1.165, 1.54) is 0 Å². The molecule has 1 rings (SSSR count). The van der Waals surface area contributed by atoms with Crippen molar-refractivity contribution in [2.75, 3.05) is 13.2 Å². The van der Waals surface area contributed by atoms with Gasteiger partial charge in [-0.05, 0) is 26.3 Å². The molecule has 0 aliphatic carbocycles. The van der Waals surface area contributed by atoms with Crippen LogP contribution in [0.4, 0.5) is 4.79 Å². The Morgan fingerprint density at radius 2 is 1.79 bits per heavy atom. The first-order chi connectivity index (χ1) is 8.77. The Balaban J connectivity index is 2.65. The maximum atomic E-state index is 11.6. The second-order valence-electron chi connectivity index (χ2n) is 5.94. The molecular weight excluding hydrogens is 242 g/mol. The molecule has 0 aliphatic rings. The van der Waals surface area contributed by atoms with Crippen molar-refractivity contribution in [1.29, 1.82) is 0 Å². The zero-order valence-corrected chi connectivity index (χ0v) is 12.1. The molecule has 0 bridgehead atoms. The van der Waals surface area contributed by atoms with Crippen molar-refractivity contribution in [2.45, 2.75) is 38.7 Å². The first-order valence-corrected chi connectivity index (χ1v) is 6.40. The van der Waals surface area contributed by atoms with Gasteiger partial charge >= 0.3 is 6.09 Å². The Hall–Kier alpha value is -1.55. The zero-order chi connectivity index (χ0) is 14.5. The zero-order valence-electron chi connectivity index (χ0n) is 12.1. The average Bonchev–Trinajstić information content (AvgIpc) is 2.35. The summed E-state index contributed by atoms with van der Waals surface area (Å²) in [5, 5.41) is 12.3. The van der Waals surface area contributed by atoms with E-state index in [0.717, 1.165) is 5.56 Å². The Kier molecular flexibility index (Phi) is 4.95. The number of hydrogen-bond donors (Lipinski definition) is 2. The molecule has 1 aromatic rings. The predicted octanol–water partition coefficient (Wildman–Crippen LogP) is 2.46. The predicted molar refractivity (Wildman–Crippen MR) is 75.1 cm³/mol. The molecule has 4 heteroatoms. The highest BCUT2D eigenvalue weighted by atomic mass is 16.6. The number of alkyl carbamates (subject to hydrolysis) is 1. The number of aliphatic hydroxyl groups excluding tert-OH is 1. The third-order valence-electron chi connectivity index (χ3n) is 2.84. The minimum Gasteiger partial charge on any atom is -0.444 e. The summed E-state index contributed by atoms with van der Waals surface area (Å²) in [6, 6.07) is 9.62. The van der Waals surface area contributed by atoms with E-state index in [1.54, 1.807) is 0 Å². The lowest BCUT2D eigenvalue weighted by Crippen LogP contribution is -2.43. The van der Waals surface area contributed by atoms with Crippen LogP contribution in [0, 0.1) is 0 Å². The van der Waals surface area contributed by atoms with Gasteiger partial charge in [0, 0.05) is 12.0 Å². The molecule has 0 radical (unpaired) electrons. The molecule has 0 fully saturated rings. The van der Waals surface area contributed by atoms with Crippen LogP contribution in [0.1, 0.15) is 33.3 Å². The number of rotatable bonds is 4. The number of aliphatic hydroxyl groups is 1. The lowest BCUT2D eigenvalue weighted by molar-refractivity contribution is 0.0507. The summed E-state index contributed by atoms with van der Waals surface area (Å²) in [5.74, 6) is 0. The van der Waals surface area contributed by atoms with E-state index in [1.807, 2.05) is 58.0 Å². The van der Waals surface area contributed by atoms with Crippen LogP contribution < -0.4 is 5.32 Å². The van der Waals surface area contributed by atoms with Crippen LogP contribution in [-0.4, -0.2) is 30.0 Å². The summed E-state index contributed by atoms with van der Waals surface area (Å²) in [7, 11) is 0. The third-order valence-corrected chi connectivity index (χ3v) is 2.84. The van der Waals surface area contributed by atoms with Gasteiger partial charge in [-0.1, -0.05) is 37.3 Å². The highest BCUT2D eigenvalue weighted by Crippen LogP contribution is 2.22. The number of nitrogens with one attached hydrogen (secondary N) is 1. The molecule has 0 spiro atoms. The molecule has 0 heterocycles. The molecule has 0 saturated heterocycles. The van der Waals surface area contributed by atoms with Gasteiger partial charge < -0.3 is 15.2 Å². The van der Waals surface area contributed by atoms with Crippen LogP contribution in [-0.2, 0) is 10.2 Å². The lowest BCUT2D eigenvalue weighted by Gasteiger charge is -2.29. The second kappa shape index (κ2) is 6.06. The van der Waals surface area contributed by atoms with Crippen molar-refractivity contribution < 1.29 is 14.6 Å². The van der Waals surface area contributed by atoms with E-state index in [4.69, 9.17) is 4.74 Å². The molecule has 0 aromatic heterocycles. The van der Waals surface area contributed by atoms with Crippen LogP contribution in [0.2, 0.25) is 0 Å². The number of amides is 1. The second-order valence-corrected chi connectivity index (χ2v) is 5.94. The first kappa shape index (κ1) is 15.5. The maximum Gasteiger partial charge on any atom is 0.407 e. The van der Waals surface area contributed by atoms with Crippen molar-refractivity contribution >= 4 is 6.09 Å². The number of ether oxygens (including phenoxy) is 1. The quantitative estimate of drug-likeness (QED) is 0.879. The van der Waals surface area contributed by atoms with Crippen LogP contribution in [0.3, 0.4) is 0 Å². The van der Waals surface area contributed by atoms with E-state index in [2.05, 4.69) is 5.32 Å². The van der Waals surface area contributed by atoms with Gasteiger partial charge in [0.05, 0.1) is 6.61 Å². The molecule has 106 valence electrons. The monoisotopic (exact) mass is 265 g/mol. The highest BCUT2D eigenvalue weighted by molar-refractivity contribution is 5.67. The average molecular weight is 265 g/mol. The Bertz CT molecular complexity index is 411. The van der Waals surface area contributed by atoms with Crippen LogP contribution >= 0.6 is 0 Å². The van der Waals surface area contributed by atoms with E-state index < -0.39 is 17.1 Å². The molecule has 19 heavy (non-hydrogen) atoms. The summed E-state index contributed by atoms with van der Waals surface area (Å²) >= 11 is 0. The van der Waals surface area contributed by atoms with Crippen molar-refractivity contribution in [3.8, 4) is 0 Å². The van der Waals surface area contributed by atoms with Gasteiger partial charge in [-0.3, -0.25) is 0 Å². The molecule has 0 aliphatic heterocycles. The summed E-state index contributed by atoms with van der Waals surface area (Å²) in [6.07, 6.45) is -0.469. The molecule has 0 saturated carbocycles. The van der Waals surface area contributed by atoms with Crippen LogP contribution in [0.25, 0.3) is 0 Å². The van der Waals surface area contributed by atoms with Gasteiger partial charge in [0.15, 0.2) is 0 Å². The number of carbonyl (C=O) groups is 1. The number of benzene rings is 1. The van der Waals surface area contributed by atoms with Crippen molar-refractivity contribution in [2.24, 2.45) is 0 Å². The fourth-order valence-corrected chi connectivity index (χ4v) is 1.67. The third kappa shape index (κ3) is 4.91. The Morgan fingerprint density at radius 3 is 2.26 bits per heavy atom. The smallest absolute Gasteiger partial charge is 0.407 e. The van der Waals surface area contributed by atoms with E-state index in [0.29, 0.717) is 6.54 Å². The largest absolute Gasteiger partial charge is 0.444 e. The van der Waals surface area contributed by atoms with Gasteiger partial charge in [0.1, 0.15) is 5.60 Å². The van der Waals surface area contributed by atoms with Gasteiger partial charge in [-0.2, -0.15) is 0 Å². The van der Waals surface area contributed by atoms with E-state index in [-0.39, 0.29) is 6.61 Å². The number of carbonyl (C=O) groups excluding carboxylic acids is 1. The fourth-order valence-electron chi connectivity index (χ4n) is 1.67. The standard InChI is InChI=1S/C15H23NO3/c1-14(2,3)19-13(18)16-10-15(4,11-17)12-8-6-5-7-9-12/h5-9,17H,10-11H2,1-4H3,(H,16,18). The van der Waals surface area contributed by atoms with Gasteiger partial charge in [-0.15, -0.1) is 0 Å². The Labute approximate surface area is 114 Å². The molecule has 4 nitrogen and oxygen atoms in total. The van der Waals surface area contributed by atoms with Gasteiger partial charge in [0.2, 0.25) is 0 Å². The summed E-state index contributed by atoms with van der Waals surface area (Å²) in [4.78, 5) is 11.6. The van der Waals surface area contributed by atoms with E-state index in [9.17, 15) is 9.90 Å². The topological polar surface area (TPSA) is 58.6 Å². The summed E-state index contributed by atoms with van der Waals surface area (Å²) in [6.45, 7) is 7.62.